The minimum atomic E-state index is -3.59. The fourth-order valence-corrected chi connectivity index (χ4v) is 7.72. The fourth-order valence-electron chi connectivity index (χ4n) is 5.89. The van der Waals surface area contributed by atoms with Crippen molar-refractivity contribution < 1.29 is 22.7 Å². The molecule has 1 saturated heterocycles. The predicted molar refractivity (Wildman–Crippen MR) is 81.9 cm³/mol. The van der Waals surface area contributed by atoms with Crippen molar-refractivity contribution in [2.75, 3.05) is 5.75 Å². The topological polar surface area (TPSA) is 104 Å². The number of esters is 1. The fraction of sp³-hybridized carbons (Fsp3) is 0.875. The lowest BCUT2D eigenvalue weighted by molar-refractivity contribution is -0.177. The molecule has 0 aromatic carbocycles. The van der Waals surface area contributed by atoms with Crippen LogP contribution in [-0.2, 0) is 24.2 Å². The molecule has 2 N–H and O–H groups in total. The van der Waals surface area contributed by atoms with Gasteiger partial charge in [0.25, 0.3) is 0 Å². The second-order valence-corrected chi connectivity index (χ2v) is 10.4. The predicted octanol–water partition coefficient (Wildman–Crippen LogP) is 0.787. The first-order valence-electron chi connectivity index (χ1n) is 8.51. The van der Waals surface area contributed by atoms with Crippen molar-refractivity contribution in [2.24, 2.45) is 28.9 Å². The maximum absolute atomic E-state index is 12.9. The van der Waals surface area contributed by atoms with Crippen LogP contribution in [0.5, 0.6) is 0 Å². The Balaban J connectivity index is 1.53. The van der Waals surface area contributed by atoms with E-state index in [0.717, 1.165) is 19.3 Å². The first-order valence-corrected chi connectivity index (χ1v) is 10.2. The Labute approximate surface area is 136 Å². The summed E-state index contributed by atoms with van der Waals surface area (Å²) in [6.07, 6.45) is 5.50. The summed E-state index contributed by atoms with van der Waals surface area (Å²) in [5.74, 6) is 0.476. The number of ether oxygens (including phenoxy) is 1. The number of amides is 1. The third-order valence-electron chi connectivity index (χ3n) is 6.42. The molecule has 2 atom stereocenters. The maximum Gasteiger partial charge on any atom is 0.312 e. The van der Waals surface area contributed by atoms with Gasteiger partial charge in [-0.1, -0.05) is 0 Å². The number of nitrogens with two attached hydrogens (primary N) is 1. The van der Waals surface area contributed by atoms with Gasteiger partial charge in [0, 0.05) is 6.42 Å². The Morgan fingerprint density at radius 1 is 1.00 bits per heavy atom. The van der Waals surface area contributed by atoms with Crippen molar-refractivity contribution in [1.82, 2.24) is 0 Å². The molecule has 5 aliphatic rings. The summed E-state index contributed by atoms with van der Waals surface area (Å²) in [7, 11) is -3.59. The lowest BCUT2D eigenvalue weighted by Gasteiger charge is -2.55. The highest BCUT2D eigenvalue weighted by Gasteiger charge is 2.57. The van der Waals surface area contributed by atoms with E-state index in [0.29, 0.717) is 17.8 Å². The molecule has 5 rings (SSSR count). The van der Waals surface area contributed by atoms with Gasteiger partial charge >= 0.3 is 5.97 Å². The summed E-state index contributed by atoms with van der Waals surface area (Å²) in [5, 5.41) is -1.37. The number of rotatable bonds is 3. The van der Waals surface area contributed by atoms with E-state index in [1.54, 1.807) is 0 Å². The van der Waals surface area contributed by atoms with Gasteiger partial charge in [0.2, 0.25) is 5.91 Å². The normalized spacial score (nSPS) is 46.7. The lowest BCUT2D eigenvalue weighted by atomic mass is 9.49. The highest BCUT2D eigenvalue weighted by Crippen LogP contribution is 2.60. The van der Waals surface area contributed by atoms with E-state index in [1.165, 1.54) is 19.3 Å². The van der Waals surface area contributed by atoms with Crippen LogP contribution >= 0.6 is 0 Å². The molecule has 7 heteroatoms. The molecule has 5 fully saturated rings. The molecule has 128 valence electrons. The number of sulfone groups is 1. The molecular weight excluding hydrogens is 318 g/mol. The summed E-state index contributed by atoms with van der Waals surface area (Å²) in [6, 6.07) is 0. The Morgan fingerprint density at radius 3 is 2.00 bits per heavy atom. The highest BCUT2D eigenvalue weighted by molar-refractivity contribution is 7.93. The Morgan fingerprint density at radius 2 is 1.52 bits per heavy atom. The van der Waals surface area contributed by atoms with Crippen LogP contribution in [-0.4, -0.2) is 37.4 Å². The molecule has 1 aliphatic heterocycles. The van der Waals surface area contributed by atoms with Crippen molar-refractivity contribution in [1.29, 1.82) is 0 Å². The first kappa shape index (κ1) is 15.4. The summed E-state index contributed by atoms with van der Waals surface area (Å²) in [5.41, 5.74) is 4.80. The van der Waals surface area contributed by atoms with Crippen LogP contribution in [0.2, 0.25) is 0 Å². The van der Waals surface area contributed by atoms with Crippen LogP contribution in [0.3, 0.4) is 0 Å². The Hall–Kier alpha value is -1.11. The highest BCUT2D eigenvalue weighted by atomic mass is 32.2. The molecule has 0 aromatic heterocycles. The van der Waals surface area contributed by atoms with Gasteiger partial charge in [0.05, 0.1) is 11.2 Å². The molecular formula is C16H23NO5S. The van der Waals surface area contributed by atoms with Crippen LogP contribution in [0.1, 0.15) is 44.9 Å². The van der Waals surface area contributed by atoms with Crippen molar-refractivity contribution in [3.63, 3.8) is 0 Å². The van der Waals surface area contributed by atoms with Crippen molar-refractivity contribution in [3.05, 3.63) is 0 Å². The molecule has 0 aromatic rings. The molecule has 6 nitrogen and oxygen atoms in total. The number of primary amides is 1. The van der Waals surface area contributed by atoms with Crippen LogP contribution in [0.4, 0.5) is 0 Å². The van der Waals surface area contributed by atoms with Crippen molar-refractivity contribution in [3.8, 4) is 0 Å². The van der Waals surface area contributed by atoms with E-state index in [4.69, 9.17) is 10.5 Å². The van der Waals surface area contributed by atoms with E-state index < -0.39 is 32.5 Å². The van der Waals surface area contributed by atoms with Crippen LogP contribution < -0.4 is 5.73 Å². The molecule has 23 heavy (non-hydrogen) atoms. The molecule has 4 saturated carbocycles. The second-order valence-electron chi connectivity index (χ2n) is 8.12. The Kier molecular flexibility index (Phi) is 3.31. The van der Waals surface area contributed by atoms with Gasteiger partial charge in [-0.2, -0.15) is 0 Å². The minimum Gasteiger partial charge on any atom is -0.460 e. The zero-order valence-corrected chi connectivity index (χ0v) is 13.9. The standard InChI is InChI=1S/C16H23NO5S/c17-14(18)13-12(1-2-23(13,20)21)22-15(19)16-6-9-3-10(7-16)5-11(4-9)8-16/h9-13H,1-8H2,(H2,17,18). The van der Waals surface area contributed by atoms with Gasteiger partial charge in [0.15, 0.2) is 15.1 Å². The molecule has 0 radical (unpaired) electrons. The monoisotopic (exact) mass is 341 g/mol. The van der Waals surface area contributed by atoms with Gasteiger partial charge in [-0.3, -0.25) is 9.59 Å². The average Bonchev–Trinajstić information content (AvgIpc) is 2.72. The molecule has 4 aliphatic carbocycles. The SMILES string of the molecule is NC(=O)C1C(OC(=O)C23CC4CC(CC(C4)C2)C3)CCS1(=O)=O. The lowest BCUT2D eigenvalue weighted by Crippen LogP contribution is -2.52. The van der Waals surface area contributed by atoms with E-state index in [2.05, 4.69) is 0 Å². The zero-order valence-electron chi connectivity index (χ0n) is 13.1. The molecule has 0 spiro atoms. The molecule has 2 unspecified atom stereocenters. The van der Waals surface area contributed by atoms with Crippen molar-refractivity contribution in [2.45, 2.75) is 56.3 Å². The third kappa shape index (κ3) is 2.39. The number of carbonyl (C=O) groups is 2. The maximum atomic E-state index is 12.9. The third-order valence-corrected chi connectivity index (χ3v) is 8.54. The number of carbonyl (C=O) groups excluding carboxylic acids is 2. The Bertz CT molecular complexity index is 620. The van der Waals surface area contributed by atoms with Gasteiger partial charge in [-0.05, 0) is 56.3 Å². The average molecular weight is 341 g/mol. The van der Waals surface area contributed by atoms with Gasteiger partial charge in [-0.25, -0.2) is 8.42 Å². The van der Waals surface area contributed by atoms with Crippen LogP contribution in [0, 0.1) is 23.2 Å². The quantitative estimate of drug-likeness (QED) is 0.764. The van der Waals surface area contributed by atoms with E-state index in [9.17, 15) is 18.0 Å². The minimum absolute atomic E-state index is 0.139. The number of hydrogen-bond acceptors (Lipinski definition) is 5. The van der Waals surface area contributed by atoms with Crippen LogP contribution in [0.15, 0.2) is 0 Å². The summed E-state index contributed by atoms with van der Waals surface area (Å²) < 4.78 is 29.5. The first-order chi connectivity index (χ1) is 10.8. The summed E-state index contributed by atoms with van der Waals surface area (Å²) in [6.45, 7) is 0. The van der Waals surface area contributed by atoms with Gasteiger partial charge in [-0.15, -0.1) is 0 Å². The summed E-state index contributed by atoms with van der Waals surface area (Å²) in [4.78, 5) is 24.4. The van der Waals surface area contributed by atoms with Crippen molar-refractivity contribution >= 4 is 21.7 Å². The molecule has 4 bridgehead atoms. The summed E-state index contributed by atoms with van der Waals surface area (Å²) >= 11 is 0. The smallest absolute Gasteiger partial charge is 0.312 e. The second kappa shape index (κ2) is 4.94. The van der Waals surface area contributed by atoms with E-state index in [1.807, 2.05) is 0 Å². The largest absolute Gasteiger partial charge is 0.460 e. The zero-order chi connectivity index (χ0) is 16.4. The van der Waals surface area contributed by atoms with Gasteiger partial charge < -0.3 is 10.5 Å². The van der Waals surface area contributed by atoms with Crippen LogP contribution in [0.25, 0.3) is 0 Å². The van der Waals surface area contributed by atoms with Gasteiger partial charge in [0.1, 0.15) is 6.10 Å². The number of hydrogen-bond donors (Lipinski definition) is 1. The molecule has 1 heterocycles. The molecule has 1 amide bonds. The van der Waals surface area contributed by atoms with E-state index in [-0.39, 0.29) is 18.1 Å². The van der Waals surface area contributed by atoms with E-state index >= 15 is 0 Å².